The highest BCUT2D eigenvalue weighted by Gasteiger charge is 2.33. The van der Waals surface area contributed by atoms with Crippen LogP contribution in [-0.2, 0) is 29.0 Å². The van der Waals surface area contributed by atoms with Crippen LogP contribution in [0.5, 0.6) is 0 Å². The second-order valence-corrected chi connectivity index (χ2v) is 12.0. The number of carbonyl (C=O) groups is 2. The summed E-state index contributed by atoms with van der Waals surface area (Å²) in [5.74, 6) is -0.297. The van der Waals surface area contributed by atoms with E-state index in [1.807, 2.05) is 4.57 Å². The van der Waals surface area contributed by atoms with Crippen molar-refractivity contribution in [3.63, 3.8) is 0 Å². The quantitative estimate of drug-likeness (QED) is 0.209. The molecule has 0 aliphatic carbocycles. The molecular formula is C32H33ClF2N6O3. The zero-order valence-corrected chi connectivity index (χ0v) is 25.3. The number of anilines is 3. The van der Waals surface area contributed by atoms with Gasteiger partial charge in [0.05, 0.1) is 11.6 Å². The van der Waals surface area contributed by atoms with E-state index in [2.05, 4.69) is 10.6 Å². The number of hydrogen-bond acceptors (Lipinski definition) is 6. The number of nitrogens with zero attached hydrogens (tertiary/aromatic N) is 3. The van der Waals surface area contributed by atoms with Gasteiger partial charge < -0.3 is 30.6 Å². The summed E-state index contributed by atoms with van der Waals surface area (Å²) in [6.45, 7) is 5.98. The Morgan fingerprint density at radius 2 is 1.82 bits per heavy atom. The van der Waals surface area contributed by atoms with Crippen LogP contribution in [0.25, 0.3) is 11.3 Å². The fraction of sp³-hybridized carbons (Fsp3) is 0.281. The largest absolute Gasteiger partial charge is 0.444 e. The summed E-state index contributed by atoms with van der Waals surface area (Å²) in [5.41, 5.74) is 7.85. The van der Waals surface area contributed by atoms with Crippen LogP contribution >= 0.6 is 11.6 Å². The lowest BCUT2D eigenvalue weighted by atomic mass is 10.0. The van der Waals surface area contributed by atoms with Gasteiger partial charge in [-0.15, -0.1) is 0 Å². The molecule has 1 aromatic heterocycles. The molecule has 1 aliphatic rings. The molecule has 9 nitrogen and oxygen atoms in total. The number of halogens is 3. The third-order valence-electron chi connectivity index (χ3n) is 6.97. The van der Waals surface area contributed by atoms with Crippen LogP contribution < -0.4 is 16.4 Å². The van der Waals surface area contributed by atoms with Gasteiger partial charge in [0.2, 0.25) is 5.91 Å². The number of rotatable bonds is 7. The highest BCUT2D eigenvalue weighted by molar-refractivity contribution is 6.30. The summed E-state index contributed by atoms with van der Waals surface area (Å²) in [6, 6.07) is 16.5. The molecule has 0 fully saturated rings. The number of hydrogen-bond donors (Lipinski definition) is 3. The molecule has 5 rings (SSSR count). The molecule has 4 N–H and O–H groups in total. The SMILES string of the molecule is CC(C)(C)OC(=O)NC(Cc1ccc(N)cc1)C(=O)N1CCn2c(nc(-c3cccc(F)c3)c2Nc2ccc(Cl)c(F)c2)C1. The third kappa shape index (κ3) is 7.28. The van der Waals surface area contributed by atoms with Gasteiger partial charge in [-0.25, -0.2) is 18.6 Å². The van der Waals surface area contributed by atoms with Crippen molar-refractivity contribution < 1.29 is 23.1 Å². The molecule has 2 heterocycles. The van der Waals surface area contributed by atoms with Crippen LogP contribution in [0.2, 0.25) is 5.02 Å². The maximum Gasteiger partial charge on any atom is 0.408 e. The Kier molecular flexibility index (Phi) is 8.78. The predicted octanol–water partition coefficient (Wildman–Crippen LogP) is 6.29. The molecule has 0 radical (unpaired) electrons. The molecule has 1 aliphatic heterocycles. The summed E-state index contributed by atoms with van der Waals surface area (Å²) in [7, 11) is 0. The van der Waals surface area contributed by atoms with Crippen LogP contribution in [0.4, 0.5) is 30.8 Å². The minimum absolute atomic E-state index is 0.0149. The normalized spacial score (nSPS) is 13.6. The summed E-state index contributed by atoms with van der Waals surface area (Å²) in [5, 5.41) is 5.93. The van der Waals surface area contributed by atoms with E-state index in [0.29, 0.717) is 47.4 Å². The zero-order valence-electron chi connectivity index (χ0n) is 24.5. The van der Waals surface area contributed by atoms with E-state index in [1.54, 1.807) is 68.1 Å². The minimum atomic E-state index is -0.924. The Balaban J connectivity index is 1.45. The number of ether oxygens (including phenoxy) is 1. The first-order valence-electron chi connectivity index (χ1n) is 14.1. The van der Waals surface area contributed by atoms with Crippen molar-refractivity contribution in [2.24, 2.45) is 0 Å². The number of amides is 2. The molecule has 1 atom stereocenters. The van der Waals surface area contributed by atoms with E-state index in [9.17, 15) is 18.4 Å². The van der Waals surface area contributed by atoms with Crippen molar-refractivity contribution in [2.75, 3.05) is 17.6 Å². The number of carbonyl (C=O) groups excluding carboxylic acids is 2. The lowest BCUT2D eigenvalue weighted by molar-refractivity contribution is -0.135. The van der Waals surface area contributed by atoms with Crippen LogP contribution in [-0.4, -0.2) is 44.6 Å². The molecule has 4 aromatic rings. The van der Waals surface area contributed by atoms with Gasteiger partial charge in [0.1, 0.15) is 40.6 Å². The van der Waals surface area contributed by atoms with Crippen LogP contribution in [0.3, 0.4) is 0 Å². The minimum Gasteiger partial charge on any atom is -0.444 e. The molecule has 12 heteroatoms. The number of imidazole rings is 1. The second-order valence-electron chi connectivity index (χ2n) is 11.5. The number of aromatic nitrogens is 2. The van der Waals surface area contributed by atoms with Crippen LogP contribution in [0, 0.1) is 11.6 Å². The molecule has 44 heavy (non-hydrogen) atoms. The van der Waals surface area contributed by atoms with Gasteiger partial charge >= 0.3 is 6.09 Å². The van der Waals surface area contributed by atoms with Gasteiger partial charge in [0.15, 0.2) is 0 Å². The first-order valence-corrected chi connectivity index (χ1v) is 14.4. The van der Waals surface area contributed by atoms with Gasteiger partial charge in [0.25, 0.3) is 0 Å². The van der Waals surface area contributed by atoms with Crippen LogP contribution in [0.1, 0.15) is 32.2 Å². The lowest BCUT2D eigenvalue weighted by Gasteiger charge is -2.32. The van der Waals surface area contributed by atoms with E-state index in [4.69, 9.17) is 27.1 Å². The monoisotopic (exact) mass is 622 g/mol. The molecular weight excluding hydrogens is 590 g/mol. The Hall–Kier alpha value is -4.64. The lowest BCUT2D eigenvalue weighted by Crippen LogP contribution is -2.52. The molecule has 2 amide bonds. The zero-order chi connectivity index (χ0) is 31.6. The van der Waals surface area contributed by atoms with Crippen molar-refractivity contribution >= 4 is 40.8 Å². The van der Waals surface area contributed by atoms with Crippen LogP contribution in [0.15, 0.2) is 66.7 Å². The highest BCUT2D eigenvalue weighted by atomic mass is 35.5. The Morgan fingerprint density at radius 3 is 2.50 bits per heavy atom. The Bertz CT molecular complexity index is 1690. The van der Waals surface area contributed by atoms with Gasteiger partial charge in [-0.1, -0.05) is 35.9 Å². The molecule has 0 bridgehead atoms. The fourth-order valence-corrected chi connectivity index (χ4v) is 5.07. The van der Waals surface area contributed by atoms with Crippen molar-refractivity contribution in [1.29, 1.82) is 0 Å². The third-order valence-corrected chi connectivity index (χ3v) is 7.28. The fourth-order valence-electron chi connectivity index (χ4n) is 4.95. The van der Waals surface area contributed by atoms with Crippen molar-refractivity contribution in [3.8, 4) is 11.3 Å². The summed E-state index contributed by atoms with van der Waals surface area (Å²) >= 11 is 5.88. The van der Waals surface area contributed by atoms with E-state index < -0.39 is 29.4 Å². The van der Waals surface area contributed by atoms with Gasteiger partial charge in [-0.2, -0.15) is 0 Å². The first kappa shape index (κ1) is 30.8. The number of fused-ring (bicyclic) bond motifs is 1. The summed E-state index contributed by atoms with van der Waals surface area (Å²) in [6.07, 6.45) is -0.493. The number of nitrogen functional groups attached to an aromatic ring is 1. The molecule has 0 spiro atoms. The molecule has 1 unspecified atom stereocenters. The second kappa shape index (κ2) is 12.5. The van der Waals surface area contributed by atoms with E-state index in [1.165, 1.54) is 24.3 Å². The number of nitrogens with two attached hydrogens (primary N) is 1. The summed E-state index contributed by atoms with van der Waals surface area (Å²) in [4.78, 5) is 33.1. The highest BCUT2D eigenvalue weighted by Crippen LogP contribution is 2.34. The number of benzene rings is 3. The van der Waals surface area contributed by atoms with E-state index in [0.717, 1.165) is 5.56 Å². The van der Waals surface area contributed by atoms with Crippen molar-refractivity contribution in [1.82, 2.24) is 19.8 Å². The van der Waals surface area contributed by atoms with E-state index >= 15 is 0 Å². The smallest absolute Gasteiger partial charge is 0.408 e. The average molecular weight is 623 g/mol. The standard InChI is InChI=1S/C32H33ClF2N6O3/c1-32(2,3)44-31(43)38-26(15-19-7-9-22(36)10-8-19)30(42)40-13-14-41-27(18-40)39-28(20-5-4-6-21(34)16-20)29(41)37-23-11-12-24(33)25(35)17-23/h4-12,16-17,26,37H,13-15,18,36H2,1-3H3,(H,38,43). The summed E-state index contributed by atoms with van der Waals surface area (Å²) < 4.78 is 35.8. The first-order chi connectivity index (χ1) is 20.9. The number of alkyl carbamates (subject to hydrolysis) is 1. The Morgan fingerprint density at radius 1 is 1.07 bits per heavy atom. The molecule has 0 saturated carbocycles. The topological polar surface area (TPSA) is 115 Å². The molecule has 3 aromatic carbocycles. The number of nitrogens with one attached hydrogen (secondary N) is 2. The van der Waals surface area contributed by atoms with E-state index in [-0.39, 0.29) is 23.9 Å². The average Bonchev–Trinajstić information content (AvgIpc) is 3.32. The Labute approximate surface area is 259 Å². The van der Waals surface area contributed by atoms with Crippen molar-refractivity contribution in [3.05, 3.63) is 94.8 Å². The van der Waals surface area contributed by atoms with Gasteiger partial charge in [-0.05, 0) is 68.8 Å². The van der Waals surface area contributed by atoms with Gasteiger partial charge in [-0.3, -0.25) is 4.79 Å². The maximum atomic E-state index is 14.3. The molecule has 0 saturated heterocycles. The predicted molar refractivity (Wildman–Crippen MR) is 165 cm³/mol. The molecule has 230 valence electrons. The maximum absolute atomic E-state index is 14.3. The van der Waals surface area contributed by atoms with Gasteiger partial charge in [0, 0.05) is 36.4 Å². The van der Waals surface area contributed by atoms with Crippen molar-refractivity contribution in [2.45, 2.75) is 51.9 Å².